The van der Waals surface area contributed by atoms with Gasteiger partial charge < -0.3 is 4.74 Å². The second kappa shape index (κ2) is 5.96. The van der Waals surface area contributed by atoms with E-state index in [0.29, 0.717) is 0 Å². The van der Waals surface area contributed by atoms with Gasteiger partial charge in [-0.3, -0.25) is 4.90 Å². The second-order valence-corrected chi connectivity index (χ2v) is 7.86. The van der Waals surface area contributed by atoms with E-state index < -0.39 is 0 Å². The van der Waals surface area contributed by atoms with Crippen molar-refractivity contribution in [1.29, 1.82) is 0 Å². The van der Waals surface area contributed by atoms with Gasteiger partial charge in [-0.25, -0.2) is 0 Å². The van der Waals surface area contributed by atoms with Crippen molar-refractivity contribution in [3.8, 4) is 0 Å². The summed E-state index contributed by atoms with van der Waals surface area (Å²) < 4.78 is 5.69. The fourth-order valence-electron chi connectivity index (χ4n) is 6.23. The molecule has 2 unspecified atom stereocenters. The van der Waals surface area contributed by atoms with Crippen LogP contribution in [0.25, 0.3) is 0 Å². The molecule has 2 atom stereocenters. The standard InChI is InChI=1S/C23H27NO/c1-3-9-19(10-4-1)23(20-11-5-2-6-12-20)21-13-7-8-14-22(21,23)24-15-17-25-18-16-24/h1-6,9-12,21H,7-8,13-18H2. The maximum absolute atomic E-state index is 5.69. The number of rotatable bonds is 3. The van der Waals surface area contributed by atoms with Crippen LogP contribution in [0.15, 0.2) is 60.7 Å². The van der Waals surface area contributed by atoms with Gasteiger partial charge in [-0.1, -0.05) is 73.5 Å². The minimum absolute atomic E-state index is 0.156. The van der Waals surface area contributed by atoms with Gasteiger partial charge >= 0.3 is 0 Å². The Morgan fingerprint density at radius 1 is 0.800 bits per heavy atom. The van der Waals surface area contributed by atoms with Crippen LogP contribution < -0.4 is 0 Å². The van der Waals surface area contributed by atoms with E-state index in [1.807, 2.05) is 0 Å². The number of benzene rings is 2. The Bertz CT molecular complexity index is 683. The van der Waals surface area contributed by atoms with Crippen molar-refractivity contribution in [2.24, 2.45) is 5.92 Å². The highest BCUT2D eigenvalue weighted by Crippen LogP contribution is 2.74. The van der Waals surface area contributed by atoms with Crippen LogP contribution in [0.5, 0.6) is 0 Å². The van der Waals surface area contributed by atoms with Crippen molar-refractivity contribution >= 4 is 0 Å². The second-order valence-electron chi connectivity index (χ2n) is 7.86. The third-order valence-corrected chi connectivity index (χ3v) is 7.03. The first kappa shape index (κ1) is 15.6. The Morgan fingerprint density at radius 2 is 1.40 bits per heavy atom. The van der Waals surface area contributed by atoms with E-state index in [1.165, 1.54) is 36.8 Å². The monoisotopic (exact) mass is 333 g/mol. The molecule has 2 nitrogen and oxygen atoms in total. The van der Waals surface area contributed by atoms with E-state index in [0.717, 1.165) is 32.2 Å². The van der Waals surface area contributed by atoms with Gasteiger partial charge in [0.15, 0.2) is 0 Å². The average molecular weight is 333 g/mol. The molecule has 3 aliphatic rings. The molecule has 2 aromatic carbocycles. The number of morpholine rings is 1. The van der Waals surface area contributed by atoms with Crippen LogP contribution in [0.4, 0.5) is 0 Å². The van der Waals surface area contributed by atoms with Crippen molar-refractivity contribution in [2.75, 3.05) is 26.3 Å². The summed E-state index contributed by atoms with van der Waals surface area (Å²) >= 11 is 0. The molecule has 0 radical (unpaired) electrons. The highest BCUT2D eigenvalue weighted by Gasteiger charge is 2.79. The number of hydrogen-bond acceptors (Lipinski definition) is 2. The molecule has 130 valence electrons. The van der Waals surface area contributed by atoms with Crippen molar-refractivity contribution in [3.05, 3.63) is 71.8 Å². The lowest BCUT2D eigenvalue weighted by Crippen LogP contribution is -2.50. The van der Waals surface area contributed by atoms with Gasteiger partial charge in [0.2, 0.25) is 0 Å². The highest BCUT2D eigenvalue weighted by molar-refractivity contribution is 5.57. The van der Waals surface area contributed by atoms with Crippen molar-refractivity contribution in [2.45, 2.75) is 36.6 Å². The summed E-state index contributed by atoms with van der Waals surface area (Å²) in [4.78, 5) is 2.79. The Kier molecular flexibility index (Phi) is 3.72. The number of fused-ring (bicyclic) bond motifs is 1. The van der Waals surface area contributed by atoms with Crippen LogP contribution in [0.1, 0.15) is 36.8 Å². The zero-order valence-corrected chi connectivity index (χ0v) is 14.9. The Balaban J connectivity index is 1.70. The maximum Gasteiger partial charge on any atom is 0.0594 e. The summed E-state index contributed by atoms with van der Waals surface area (Å²) in [5.74, 6) is 0.733. The SMILES string of the molecule is c1ccc(C2(c3ccccc3)C3CCCCC32N2CCOCC2)cc1. The number of ether oxygens (including phenoxy) is 1. The molecular weight excluding hydrogens is 306 g/mol. The molecule has 0 N–H and O–H groups in total. The van der Waals surface area contributed by atoms with Crippen LogP contribution in [0.3, 0.4) is 0 Å². The van der Waals surface area contributed by atoms with Crippen molar-refractivity contribution < 1.29 is 4.74 Å². The molecule has 5 rings (SSSR count). The predicted octanol–water partition coefficient (Wildman–Crippen LogP) is 4.25. The lowest BCUT2D eigenvalue weighted by Gasteiger charge is -2.40. The minimum Gasteiger partial charge on any atom is -0.379 e. The van der Waals surface area contributed by atoms with Crippen LogP contribution >= 0.6 is 0 Å². The van der Waals surface area contributed by atoms with Crippen molar-refractivity contribution in [3.63, 3.8) is 0 Å². The molecule has 3 fully saturated rings. The molecule has 1 saturated heterocycles. The van der Waals surface area contributed by atoms with E-state index in [9.17, 15) is 0 Å². The van der Waals surface area contributed by atoms with Crippen LogP contribution in [-0.2, 0) is 10.2 Å². The van der Waals surface area contributed by atoms with Gasteiger partial charge in [-0.2, -0.15) is 0 Å². The summed E-state index contributed by atoms with van der Waals surface area (Å²) in [7, 11) is 0. The van der Waals surface area contributed by atoms with Crippen LogP contribution in [0, 0.1) is 5.92 Å². The summed E-state index contributed by atoms with van der Waals surface area (Å²) in [6.45, 7) is 3.93. The predicted molar refractivity (Wildman–Crippen MR) is 101 cm³/mol. The average Bonchev–Trinajstić information content (AvgIpc) is 3.36. The summed E-state index contributed by atoms with van der Waals surface area (Å²) in [6, 6.07) is 22.6. The van der Waals surface area contributed by atoms with E-state index in [2.05, 4.69) is 65.6 Å². The van der Waals surface area contributed by atoms with Crippen LogP contribution in [0.2, 0.25) is 0 Å². The lowest BCUT2D eigenvalue weighted by atomic mass is 9.81. The number of hydrogen-bond donors (Lipinski definition) is 0. The summed E-state index contributed by atoms with van der Waals surface area (Å²) in [5.41, 5.74) is 3.47. The zero-order valence-electron chi connectivity index (χ0n) is 14.9. The molecule has 2 saturated carbocycles. The third-order valence-electron chi connectivity index (χ3n) is 7.03. The molecule has 0 amide bonds. The zero-order chi connectivity index (χ0) is 16.7. The minimum atomic E-state index is 0.156. The van der Waals surface area contributed by atoms with Gasteiger partial charge in [0.05, 0.1) is 13.2 Å². The summed E-state index contributed by atoms with van der Waals surface area (Å²) in [5, 5.41) is 0. The van der Waals surface area contributed by atoms with Gasteiger partial charge in [0.1, 0.15) is 0 Å². The number of nitrogens with zero attached hydrogens (tertiary/aromatic N) is 1. The van der Waals surface area contributed by atoms with E-state index in [1.54, 1.807) is 0 Å². The first-order valence-corrected chi connectivity index (χ1v) is 9.84. The quantitative estimate of drug-likeness (QED) is 0.833. The molecule has 1 heterocycles. The van der Waals surface area contributed by atoms with Gasteiger partial charge in [0.25, 0.3) is 0 Å². The van der Waals surface area contributed by atoms with Crippen molar-refractivity contribution in [1.82, 2.24) is 4.90 Å². The van der Waals surface area contributed by atoms with Gasteiger partial charge in [-0.05, 0) is 29.9 Å². The topological polar surface area (TPSA) is 12.5 Å². The maximum atomic E-state index is 5.69. The lowest BCUT2D eigenvalue weighted by molar-refractivity contribution is -0.00507. The van der Waals surface area contributed by atoms with Crippen LogP contribution in [-0.4, -0.2) is 36.7 Å². The van der Waals surface area contributed by atoms with Gasteiger partial charge in [0, 0.05) is 24.0 Å². The van der Waals surface area contributed by atoms with Gasteiger partial charge in [-0.15, -0.1) is 0 Å². The highest BCUT2D eigenvalue weighted by atomic mass is 16.5. The fourth-order valence-corrected chi connectivity index (χ4v) is 6.23. The van der Waals surface area contributed by atoms with E-state index >= 15 is 0 Å². The largest absolute Gasteiger partial charge is 0.379 e. The van der Waals surface area contributed by atoms with E-state index in [-0.39, 0.29) is 11.0 Å². The Labute approximate surface area is 150 Å². The molecule has 0 spiro atoms. The fraction of sp³-hybridized carbons (Fsp3) is 0.478. The molecule has 2 aromatic rings. The Morgan fingerprint density at radius 3 is 2.00 bits per heavy atom. The third kappa shape index (κ3) is 2.04. The smallest absolute Gasteiger partial charge is 0.0594 e. The first-order valence-electron chi connectivity index (χ1n) is 9.84. The summed E-state index contributed by atoms with van der Waals surface area (Å²) in [6.07, 6.45) is 5.40. The molecular formula is C23H27NO. The molecule has 0 bridgehead atoms. The molecule has 1 aliphatic heterocycles. The molecule has 0 aromatic heterocycles. The molecule has 25 heavy (non-hydrogen) atoms. The molecule has 2 heteroatoms. The first-order chi connectivity index (χ1) is 12.4. The van der Waals surface area contributed by atoms with E-state index in [4.69, 9.17) is 4.74 Å². The normalized spacial score (nSPS) is 31.3. The molecule has 2 aliphatic carbocycles. The Hall–Kier alpha value is -1.64.